The maximum atomic E-state index is 11.5. The summed E-state index contributed by atoms with van der Waals surface area (Å²) in [5.74, 6) is 0.755. The Morgan fingerprint density at radius 2 is 2.00 bits per heavy atom. The highest BCUT2D eigenvalue weighted by Crippen LogP contribution is 2.24. The molecule has 0 aromatic rings. The lowest BCUT2D eigenvalue weighted by molar-refractivity contribution is -0.129. The molecule has 2 nitrogen and oxygen atoms in total. The Morgan fingerprint density at radius 1 is 1.43 bits per heavy atom. The molecule has 0 aromatic heterocycles. The molecule has 3 heteroatoms. The van der Waals surface area contributed by atoms with Crippen LogP contribution in [0.15, 0.2) is 0 Å². The molecule has 0 saturated heterocycles. The van der Waals surface area contributed by atoms with Crippen LogP contribution in [0.2, 0.25) is 0 Å². The lowest BCUT2D eigenvalue weighted by atomic mass is 9.89. The van der Waals surface area contributed by atoms with E-state index >= 15 is 0 Å². The third-order valence-electron chi connectivity index (χ3n) is 2.97. The first-order valence-electron chi connectivity index (χ1n) is 5.50. The molecular formula is C11H20ClNO. The molecule has 1 atom stereocenters. The van der Waals surface area contributed by atoms with Gasteiger partial charge < -0.3 is 4.90 Å². The van der Waals surface area contributed by atoms with Crippen LogP contribution in [0.3, 0.4) is 0 Å². The Morgan fingerprint density at radius 3 is 2.50 bits per heavy atom. The van der Waals surface area contributed by atoms with Crippen molar-refractivity contribution in [2.24, 2.45) is 5.92 Å². The maximum absolute atomic E-state index is 11.5. The molecule has 0 heterocycles. The first kappa shape index (κ1) is 11.8. The molecule has 1 unspecified atom stereocenters. The summed E-state index contributed by atoms with van der Waals surface area (Å²) in [6.07, 6.45) is 6.55. The molecule has 0 aromatic carbocycles. The largest absolute Gasteiger partial charge is 0.344 e. The van der Waals surface area contributed by atoms with Gasteiger partial charge in [0, 0.05) is 13.6 Å². The minimum Gasteiger partial charge on any atom is -0.344 e. The van der Waals surface area contributed by atoms with Gasteiger partial charge in [-0.3, -0.25) is 4.79 Å². The summed E-state index contributed by atoms with van der Waals surface area (Å²) < 4.78 is 0. The van der Waals surface area contributed by atoms with E-state index in [4.69, 9.17) is 11.6 Å². The van der Waals surface area contributed by atoms with Gasteiger partial charge in [0.15, 0.2) is 0 Å². The molecule has 0 spiro atoms. The van der Waals surface area contributed by atoms with E-state index in [-0.39, 0.29) is 11.3 Å². The van der Waals surface area contributed by atoms with Crippen molar-refractivity contribution in [3.05, 3.63) is 0 Å². The summed E-state index contributed by atoms with van der Waals surface area (Å²) in [7, 11) is 1.86. The van der Waals surface area contributed by atoms with E-state index in [1.165, 1.54) is 32.1 Å². The van der Waals surface area contributed by atoms with E-state index in [1.807, 2.05) is 7.05 Å². The fourth-order valence-electron chi connectivity index (χ4n) is 2.15. The van der Waals surface area contributed by atoms with Gasteiger partial charge >= 0.3 is 0 Å². The van der Waals surface area contributed by atoms with Crippen LogP contribution in [0, 0.1) is 5.92 Å². The van der Waals surface area contributed by atoms with Crippen LogP contribution < -0.4 is 0 Å². The van der Waals surface area contributed by atoms with Gasteiger partial charge in [-0.25, -0.2) is 0 Å². The average molecular weight is 218 g/mol. The van der Waals surface area contributed by atoms with Crippen molar-refractivity contribution in [1.29, 1.82) is 0 Å². The monoisotopic (exact) mass is 217 g/mol. The molecule has 1 aliphatic rings. The molecule has 1 amide bonds. The molecule has 1 fully saturated rings. The Bertz CT molecular complexity index is 188. The predicted molar refractivity (Wildman–Crippen MR) is 59.5 cm³/mol. The summed E-state index contributed by atoms with van der Waals surface area (Å²) in [6.45, 7) is 2.62. The number of amides is 1. The van der Waals surface area contributed by atoms with Crippen LogP contribution in [0.4, 0.5) is 0 Å². The SMILES string of the molecule is CC(Cl)C(=O)N(C)CC1CCCCC1. The lowest BCUT2D eigenvalue weighted by Gasteiger charge is -2.27. The van der Waals surface area contributed by atoms with E-state index in [1.54, 1.807) is 11.8 Å². The van der Waals surface area contributed by atoms with Crippen molar-refractivity contribution in [2.45, 2.75) is 44.4 Å². The van der Waals surface area contributed by atoms with Crippen LogP contribution >= 0.6 is 11.6 Å². The average Bonchev–Trinajstić information content (AvgIpc) is 2.18. The first-order valence-corrected chi connectivity index (χ1v) is 5.94. The Kier molecular flexibility index (Phi) is 4.73. The molecular weight excluding hydrogens is 198 g/mol. The predicted octanol–water partition coefficient (Wildman–Crippen LogP) is 2.65. The molecule has 0 bridgehead atoms. The van der Waals surface area contributed by atoms with E-state index in [9.17, 15) is 4.79 Å². The molecule has 1 saturated carbocycles. The second kappa shape index (κ2) is 5.59. The molecule has 82 valence electrons. The second-order valence-electron chi connectivity index (χ2n) is 4.34. The van der Waals surface area contributed by atoms with Crippen molar-refractivity contribution < 1.29 is 4.79 Å². The Labute approximate surface area is 91.6 Å². The van der Waals surface area contributed by atoms with Crippen LogP contribution in [0.1, 0.15) is 39.0 Å². The maximum Gasteiger partial charge on any atom is 0.240 e. The summed E-state index contributed by atoms with van der Waals surface area (Å²) in [4.78, 5) is 13.3. The second-order valence-corrected chi connectivity index (χ2v) is 4.99. The highest BCUT2D eigenvalue weighted by molar-refractivity contribution is 6.30. The third kappa shape index (κ3) is 3.49. The molecule has 1 aliphatic carbocycles. The zero-order chi connectivity index (χ0) is 10.6. The number of hydrogen-bond donors (Lipinski definition) is 0. The molecule has 1 rings (SSSR count). The van der Waals surface area contributed by atoms with Gasteiger partial charge in [0.05, 0.1) is 0 Å². The van der Waals surface area contributed by atoms with Crippen molar-refractivity contribution in [2.75, 3.05) is 13.6 Å². The van der Waals surface area contributed by atoms with E-state index in [0.717, 1.165) is 6.54 Å². The number of carbonyl (C=O) groups excluding carboxylic acids is 1. The van der Waals surface area contributed by atoms with Crippen LogP contribution in [-0.2, 0) is 4.79 Å². The number of halogens is 1. The van der Waals surface area contributed by atoms with Gasteiger partial charge in [0.1, 0.15) is 5.38 Å². The van der Waals surface area contributed by atoms with Crippen LogP contribution in [0.5, 0.6) is 0 Å². The number of alkyl halides is 1. The van der Waals surface area contributed by atoms with Gasteiger partial charge in [-0.1, -0.05) is 19.3 Å². The third-order valence-corrected chi connectivity index (χ3v) is 3.16. The summed E-state index contributed by atoms with van der Waals surface area (Å²) in [5.41, 5.74) is 0. The Balaban J connectivity index is 2.31. The summed E-state index contributed by atoms with van der Waals surface area (Å²) in [6, 6.07) is 0. The lowest BCUT2D eigenvalue weighted by Crippen LogP contribution is -2.36. The minimum atomic E-state index is -0.386. The summed E-state index contributed by atoms with van der Waals surface area (Å²) in [5, 5.41) is -0.386. The van der Waals surface area contributed by atoms with Crippen molar-refractivity contribution >= 4 is 17.5 Å². The van der Waals surface area contributed by atoms with Gasteiger partial charge in [0.2, 0.25) is 5.91 Å². The van der Waals surface area contributed by atoms with E-state index in [2.05, 4.69) is 0 Å². The molecule has 0 radical (unpaired) electrons. The normalized spacial score (nSPS) is 20.5. The highest BCUT2D eigenvalue weighted by Gasteiger charge is 2.20. The summed E-state index contributed by atoms with van der Waals surface area (Å²) >= 11 is 5.75. The number of carbonyl (C=O) groups is 1. The minimum absolute atomic E-state index is 0.0530. The number of nitrogens with zero attached hydrogens (tertiary/aromatic N) is 1. The van der Waals surface area contributed by atoms with Crippen molar-refractivity contribution in [1.82, 2.24) is 4.90 Å². The standard InChI is InChI=1S/C11H20ClNO/c1-9(12)11(14)13(2)8-10-6-4-3-5-7-10/h9-10H,3-8H2,1-2H3. The van der Waals surface area contributed by atoms with E-state index in [0.29, 0.717) is 5.92 Å². The Hall–Kier alpha value is -0.240. The fourth-order valence-corrected chi connectivity index (χ4v) is 2.32. The van der Waals surface area contributed by atoms with E-state index < -0.39 is 0 Å². The van der Waals surface area contributed by atoms with Gasteiger partial charge in [-0.15, -0.1) is 11.6 Å². The van der Waals surface area contributed by atoms with Crippen LogP contribution in [-0.4, -0.2) is 29.8 Å². The topological polar surface area (TPSA) is 20.3 Å². The zero-order valence-corrected chi connectivity index (χ0v) is 9.89. The number of hydrogen-bond acceptors (Lipinski definition) is 1. The fraction of sp³-hybridized carbons (Fsp3) is 0.909. The van der Waals surface area contributed by atoms with Gasteiger partial charge in [-0.05, 0) is 25.7 Å². The molecule has 0 N–H and O–H groups in total. The van der Waals surface area contributed by atoms with Gasteiger partial charge in [0.25, 0.3) is 0 Å². The zero-order valence-electron chi connectivity index (χ0n) is 9.13. The van der Waals surface area contributed by atoms with Crippen LogP contribution in [0.25, 0.3) is 0 Å². The molecule has 14 heavy (non-hydrogen) atoms. The molecule has 0 aliphatic heterocycles. The first-order chi connectivity index (χ1) is 6.61. The van der Waals surface area contributed by atoms with Crippen molar-refractivity contribution in [3.8, 4) is 0 Å². The van der Waals surface area contributed by atoms with Crippen molar-refractivity contribution in [3.63, 3.8) is 0 Å². The number of rotatable bonds is 3. The quantitative estimate of drug-likeness (QED) is 0.666. The van der Waals surface area contributed by atoms with Gasteiger partial charge in [-0.2, -0.15) is 0 Å². The smallest absolute Gasteiger partial charge is 0.240 e. The highest BCUT2D eigenvalue weighted by atomic mass is 35.5.